The van der Waals surface area contributed by atoms with Crippen LogP contribution >= 0.6 is 0 Å². The van der Waals surface area contributed by atoms with Crippen LogP contribution in [0.1, 0.15) is 65.2 Å². The van der Waals surface area contributed by atoms with E-state index in [9.17, 15) is 17.6 Å². The van der Waals surface area contributed by atoms with Gasteiger partial charge in [-0.25, -0.2) is 0 Å². The summed E-state index contributed by atoms with van der Waals surface area (Å²) in [5.41, 5.74) is -0.653. The molecule has 0 heterocycles. The van der Waals surface area contributed by atoms with Crippen LogP contribution in [0.3, 0.4) is 0 Å². The Labute approximate surface area is 142 Å². The highest BCUT2D eigenvalue weighted by atomic mass is 19.3. The fraction of sp³-hybridized carbons (Fsp3) is 0.800. The Morgan fingerprint density at radius 3 is 1.21 bits per heavy atom. The van der Waals surface area contributed by atoms with Crippen molar-refractivity contribution in [1.29, 1.82) is 0 Å². The second kappa shape index (κ2) is 6.49. The first kappa shape index (κ1) is 18.0. The zero-order valence-electron chi connectivity index (χ0n) is 14.6. The van der Waals surface area contributed by atoms with Gasteiger partial charge in [-0.05, 0) is 49.4 Å². The molecule has 0 amide bonds. The van der Waals surface area contributed by atoms with Gasteiger partial charge in [0.05, 0.1) is 0 Å². The molecule has 2 saturated carbocycles. The molecular formula is C20H28F4. The van der Waals surface area contributed by atoms with Crippen LogP contribution < -0.4 is 0 Å². The largest absolute Gasteiger partial charge is 0.336 e. The quantitative estimate of drug-likeness (QED) is 0.485. The Bertz CT molecular complexity index is 468. The van der Waals surface area contributed by atoms with Crippen molar-refractivity contribution in [3.63, 3.8) is 0 Å². The molecule has 2 fully saturated rings. The van der Waals surface area contributed by atoms with E-state index >= 15 is 0 Å². The van der Waals surface area contributed by atoms with Crippen molar-refractivity contribution in [2.45, 2.75) is 77.1 Å². The van der Waals surface area contributed by atoms with Crippen LogP contribution in [0.15, 0.2) is 23.3 Å². The molecule has 0 N–H and O–H groups in total. The predicted molar refractivity (Wildman–Crippen MR) is 88.3 cm³/mol. The SMILES string of the molecule is CC1CCC(C2=CC=C(C3CCC(C)CC3)C(F)(F)C2(F)F)CC1. The number of hydrogen-bond acceptors (Lipinski definition) is 0. The molecule has 3 aliphatic rings. The van der Waals surface area contributed by atoms with Crippen molar-refractivity contribution < 1.29 is 17.6 Å². The fourth-order valence-corrected chi connectivity index (χ4v) is 4.68. The Morgan fingerprint density at radius 1 is 0.625 bits per heavy atom. The van der Waals surface area contributed by atoms with E-state index in [2.05, 4.69) is 13.8 Å². The van der Waals surface area contributed by atoms with Crippen LogP contribution in [-0.2, 0) is 0 Å². The highest BCUT2D eigenvalue weighted by molar-refractivity contribution is 5.40. The first-order chi connectivity index (χ1) is 11.2. The van der Waals surface area contributed by atoms with Crippen molar-refractivity contribution in [2.75, 3.05) is 0 Å². The number of allylic oxidation sites excluding steroid dienone is 4. The van der Waals surface area contributed by atoms with Gasteiger partial charge in [0.15, 0.2) is 0 Å². The summed E-state index contributed by atoms with van der Waals surface area (Å²) in [5, 5.41) is 0. The molecule has 4 heteroatoms. The molecule has 0 aromatic rings. The minimum absolute atomic E-state index is 0.327. The van der Waals surface area contributed by atoms with Gasteiger partial charge < -0.3 is 0 Å². The molecule has 0 unspecified atom stereocenters. The maximum absolute atomic E-state index is 14.8. The van der Waals surface area contributed by atoms with Crippen molar-refractivity contribution in [3.05, 3.63) is 23.3 Å². The lowest BCUT2D eigenvalue weighted by atomic mass is 9.70. The summed E-state index contributed by atoms with van der Waals surface area (Å²) in [6.45, 7) is 4.20. The summed E-state index contributed by atoms with van der Waals surface area (Å²) in [6.07, 6.45) is 8.47. The molecule has 3 rings (SSSR count). The zero-order chi connectivity index (χ0) is 17.5. The Morgan fingerprint density at radius 2 is 0.917 bits per heavy atom. The molecule has 0 nitrogen and oxygen atoms in total. The van der Waals surface area contributed by atoms with Crippen LogP contribution in [0.4, 0.5) is 17.6 Å². The zero-order valence-corrected chi connectivity index (χ0v) is 14.6. The molecule has 0 aromatic carbocycles. The van der Waals surface area contributed by atoms with E-state index in [0.717, 1.165) is 25.7 Å². The van der Waals surface area contributed by atoms with Gasteiger partial charge in [-0.2, -0.15) is 17.6 Å². The lowest BCUT2D eigenvalue weighted by Crippen LogP contribution is -2.49. The van der Waals surface area contributed by atoms with Crippen LogP contribution in [0, 0.1) is 23.7 Å². The van der Waals surface area contributed by atoms with Crippen molar-refractivity contribution in [3.8, 4) is 0 Å². The molecule has 0 aliphatic heterocycles. The summed E-state index contributed by atoms with van der Waals surface area (Å²) in [6, 6.07) is 0. The lowest BCUT2D eigenvalue weighted by Gasteiger charge is -2.41. The summed E-state index contributed by atoms with van der Waals surface area (Å²) in [4.78, 5) is 0. The van der Waals surface area contributed by atoms with Crippen LogP contribution in [0.5, 0.6) is 0 Å². The summed E-state index contributed by atoms with van der Waals surface area (Å²) in [5.74, 6) is -7.85. The molecule has 0 spiro atoms. The second-order valence-corrected chi connectivity index (χ2v) is 8.31. The predicted octanol–water partition coefficient (Wildman–Crippen LogP) is 6.78. The number of halogens is 4. The highest BCUT2D eigenvalue weighted by Gasteiger charge is 2.63. The summed E-state index contributed by atoms with van der Waals surface area (Å²) >= 11 is 0. The number of rotatable bonds is 2. The minimum Gasteiger partial charge on any atom is -0.194 e. The molecule has 0 atom stereocenters. The van der Waals surface area contributed by atoms with Gasteiger partial charge in [0.25, 0.3) is 0 Å². The number of alkyl halides is 4. The molecule has 3 aliphatic carbocycles. The van der Waals surface area contributed by atoms with Crippen molar-refractivity contribution >= 4 is 0 Å². The molecular weight excluding hydrogens is 316 g/mol. The Kier molecular flexibility index (Phi) is 4.87. The van der Waals surface area contributed by atoms with Gasteiger partial charge in [-0.1, -0.05) is 51.7 Å². The highest BCUT2D eigenvalue weighted by Crippen LogP contribution is 2.55. The van der Waals surface area contributed by atoms with Crippen LogP contribution in [-0.4, -0.2) is 11.8 Å². The van der Waals surface area contributed by atoms with Gasteiger partial charge in [-0.15, -0.1) is 0 Å². The normalized spacial score (nSPS) is 39.1. The molecule has 0 saturated heterocycles. The first-order valence-electron chi connectivity index (χ1n) is 9.41. The monoisotopic (exact) mass is 344 g/mol. The molecule has 136 valence electrons. The van der Waals surface area contributed by atoms with Gasteiger partial charge >= 0.3 is 11.8 Å². The van der Waals surface area contributed by atoms with Crippen LogP contribution in [0.2, 0.25) is 0 Å². The van der Waals surface area contributed by atoms with E-state index in [1.807, 2.05) is 0 Å². The van der Waals surface area contributed by atoms with E-state index in [1.54, 1.807) is 0 Å². The van der Waals surface area contributed by atoms with Crippen molar-refractivity contribution in [1.82, 2.24) is 0 Å². The molecule has 24 heavy (non-hydrogen) atoms. The maximum Gasteiger partial charge on any atom is 0.336 e. The first-order valence-corrected chi connectivity index (χ1v) is 9.41. The van der Waals surface area contributed by atoms with E-state index in [-0.39, 0.29) is 11.1 Å². The van der Waals surface area contributed by atoms with Gasteiger partial charge in [0, 0.05) is 11.1 Å². The molecule has 0 aromatic heterocycles. The van der Waals surface area contributed by atoms with E-state index in [1.165, 1.54) is 12.2 Å². The van der Waals surface area contributed by atoms with Gasteiger partial charge in [0.2, 0.25) is 0 Å². The third-order valence-electron chi connectivity index (χ3n) is 6.47. The van der Waals surface area contributed by atoms with Crippen molar-refractivity contribution in [2.24, 2.45) is 23.7 Å². The fourth-order valence-electron chi connectivity index (χ4n) is 4.68. The Hall–Kier alpha value is -0.800. The summed E-state index contributed by atoms with van der Waals surface area (Å²) in [7, 11) is 0. The molecule has 0 bridgehead atoms. The lowest BCUT2D eigenvalue weighted by molar-refractivity contribution is -0.173. The van der Waals surface area contributed by atoms with Gasteiger partial charge in [0.1, 0.15) is 0 Å². The third-order valence-corrected chi connectivity index (χ3v) is 6.47. The molecule has 0 radical (unpaired) electrons. The average molecular weight is 344 g/mol. The van der Waals surface area contributed by atoms with Gasteiger partial charge in [-0.3, -0.25) is 0 Å². The third kappa shape index (κ3) is 3.06. The topological polar surface area (TPSA) is 0 Å². The smallest absolute Gasteiger partial charge is 0.194 e. The average Bonchev–Trinajstić information content (AvgIpc) is 2.52. The van der Waals surface area contributed by atoms with E-state index < -0.39 is 23.7 Å². The Balaban J connectivity index is 1.86. The minimum atomic E-state index is -4.04. The summed E-state index contributed by atoms with van der Waals surface area (Å²) < 4.78 is 59.0. The van der Waals surface area contributed by atoms with E-state index in [0.29, 0.717) is 37.5 Å². The van der Waals surface area contributed by atoms with Crippen LogP contribution in [0.25, 0.3) is 0 Å². The second-order valence-electron chi connectivity index (χ2n) is 8.31. The maximum atomic E-state index is 14.8. The standard InChI is InChI=1S/C20H28F4/c1-13-3-7-15(8-4-13)17-11-12-18(20(23,24)19(17,21)22)16-9-5-14(2)6-10-16/h11-16H,3-10H2,1-2H3. The number of hydrogen-bond donors (Lipinski definition) is 0. The van der Waals surface area contributed by atoms with E-state index in [4.69, 9.17) is 0 Å².